The third-order valence-electron chi connectivity index (χ3n) is 2.07. The molecule has 1 heterocycles. The van der Waals surface area contributed by atoms with Gasteiger partial charge in [0.05, 0.1) is 12.6 Å². The van der Waals surface area contributed by atoms with Crippen molar-refractivity contribution < 1.29 is 14.6 Å². The first-order valence-corrected chi connectivity index (χ1v) is 4.99. The van der Waals surface area contributed by atoms with Gasteiger partial charge in [-0.1, -0.05) is 18.2 Å². The van der Waals surface area contributed by atoms with Gasteiger partial charge >= 0.3 is 5.97 Å². The lowest BCUT2D eigenvalue weighted by molar-refractivity contribution is -0.136. The lowest BCUT2D eigenvalue weighted by Crippen LogP contribution is -2.02. The van der Waals surface area contributed by atoms with E-state index in [1.54, 1.807) is 24.3 Å². The fraction of sp³-hybridized carbons (Fsp3) is 0.0833. The Labute approximate surface area is 97.7 Å². The Morgan fingerprint density at radius 3 is 2.82 bits per heavy atom. The molecule has 0 spiro atoms. The average Bonchev–Trinajstić information content (AvgIpc) is 2.32. The van der Waals surface area contributed by atoms with E-state index in [-0.39, 0.29) is 6.42 Å². The number of carboxylic acids is 1. The van der Waals surface area contributed by atoms with E-state index in [2.05, 4.69) is 9.97 Å². The van der Waals surface area contributed by atoms with Gasteiger partial charge in [-0.25, -0.2) is 4.98 Å². The maximum absolute atomic E-state index is 10.7. The lowest BCUT2D eigenvalue weighted by Gasteiger charge is -2.08. The Bertz CT molecular complexity index is 514. The summed E-state index contributed by atoms with van der Waals surface area (Å²) in [6.45, 7) is 0. The van der Waals surface area contributed by atoms with Crippen LogP contribution in [0.15, 0.2) is 42.9 Å². The van der Waals surface area contributed by atoms with Crippen molar-refractivity contribution in [2.45, 2.75) is 6.42 Å². The van der Waals surface area contributed by atoms with E-state index in [0.717, 1.165) is 0 Å². The molecule has 0 unspecified atom stereocenters. The molecule has 0 atom stereocenters. The molecule has 0 radical (unpaired) electrons. The van der Waals surface area contributed by atoms with Crippen molar-refractivity contribution in [3.8, 4) is 11.6 Å². The zero-order chi connectivity index (χ0) is 12.1. The zero-order valence-electron chi connectivity index (χ0n) is 8.91. The van der Waals surface area contributed by atoms with Gasteiger partial charge in [0.15, 0.2) is 0 Å². The van der Waals surface area contributed by atoms with Gasteiger partial charge in [-0.2, -0.15) is 0 Å². The highest BCUT2D eigenvalue weighted by atomic mass is 16.5. The third kappa shape index (κ3) is 3.01. The molecule has 17 heavy (non-hydrogen) atoms. The van der Waals surface area contributed by atoms with Gasteiger partial charge in [-0.15, -0.1) is 0 Å². The monoisotopic (exact) mass is 230 g/mol. The number of ether oxygens (including phenoxy) is 1. The Hall–Kier alpha value is -2.43. The fourth-order valence-corrected chi connectivity index (χ4v) is 1.36. The molecule has 5 heteroatoms. The van der Waals surface area contributed by atoms with Gasteiger partial charge in [0.1, 0.15) is 5.75 Å². The molecule has 0 saturated heterocycles. The highest BCUT2D eigenvalue weighted by Gasteiger charge is 2.08. The highest BCUT2D eigenvalue weighted by Crippen LogP contribution is 2.23. The van der Waals surface area contributed by atoms with Crippen molar-refractivity contribution in [2.24, 2.45) is 0 Å². The van der Waals surface area contributed by atoms with Gasteiger partial charge in [-0.3, -0.25) is 9.78 Å². The summed E-state index contributed by atoms with van der Waals surface area (Å²) in [5.41, 5.74) is 0.602. The molecular weight excluding hydrogens is 220 g/mol. The quantitative estimate of drug-likeness (QED) is 0.868. The zero-order valence-corrected chi connectivity index (χ0v) is 8.91. The molecule has 0 saturated carbocycles. The molecule has 0 aliphatic heterocycles. The first kappa shape index (κ1) is 11.1. The van der Waals surface area contributed by atoms with Crippen LogP contribution in [0, 0.1) is 0 Å². The highest BCUT2D eigenvalue weighted by molar-refractivity contribution is 5.71. The Morgan fingerprint density at radius 1 is 1.29 bits per heavy atom. The van der Waals surface area contributed by atoms with Crippen molar-refractivity contribution in [1.82, 2.24) is 9.97 Å². The van der Waals surface area contributed by atoms with E-state index in [1.807, 2.05) is 0 Å². The molecular formula is C12H10N2O3. The van der Waals surface area contributed by atoms with Gasteiger partial charge in [-0.05, 0) is 6.07 Å². The summed E-state index contributed by atoms with van der Waals surface area (Å²) < 4.78 is 5.47. The molecule has 0 aliphatic rings. The summed E-state index contributed by atoms with van der Waals surface area (Å²) in [4.78, 5) is 18.5. The van der Waals surface area contributed by atoms with E-state index >= 15 is 0 Å². The van der Waals surface area contributed by atoms with Crippen molar-refractivity contribution in [3.63, 3.8) is 0 Å². The maximum atomic E-state index is 10.7. The molecule has 2 aromatic rings. The van der Waals surface area contributed by atoms with Crippen LogP contribution in [0.25, 0.3) is 0 Å². The number of para-hydroxylation sites is 1. The van der Waals surface area contributed by atoms with E-state index in [9.17, 15) is 4.79 Å². The minimum absolute atomic E-state index is 0.0869. The Morgan fingerprint density at radius 2 is 2.12 bits per heavy atom. The normalized spacial score (nSPS) is 9.88. The number of nitrogens with zero attached hydrogens (tertiary/aromatic N) is 2. The lowest BCUT2D eigenvalue weighted by atomic mass is 10.1. The Kier molecular flexibility index (Phi) is 3.30. The predicted octanol–water partition coefficient (Wildman–Crippen LogP) is 1.90. The first-order chi connectivity index (χ1) is 8.25. The van der Waals surface area contributed by atoms with Crippen LogP contribution in [0.4, 0.5) is 0 Å². The molecule has 86 valence electrons. The fourth-order valence-electron chi connectivity index (χ4n) is 1.36. The van der Waals surface area contributed by atoms with E-state index in [1.165, 1.54) is 18.6 Å². The van der Waals surface area contributed by atoms with E-state index in [4.69, 9.17) is 9.84 Å². The van der Waals surface area contributed by atoms with Crippen LogP contribution in [0.5, 0.6) is 11.6 Å². The number of carbonyl (C=O) groups is 1. The summed E-state index contributed by atoms with van der Waals surface area (Å²) >= 11 is 0. The van der Waals surface area contributed by atoms with Crippen LogP contribution in [-0.4, -0.2) is 21.0 Å². The molecule has 1 N–H and O–H groups in total. The summed E-state index contributed by atoms with van der Waals surface area (Å²) in [7, 11) is 0. The standard InChI is InChI=1S/C12H10N2O3/c15-12(16)7-9-3-1-2-4-10(9)17-11-8-13-5-6-14-11/h1-6,8H,7H2,(H,15,16). The minimum atomic E-state index is -0.903. The number of aliphatic carboxylic acids is 1. The molecule has 0 fully saturated rings. The van der Waals surface area contributed by atoms with E-state index in [0.29, 0.717) is 17.2 Å². The minimum Gasteiger partial charge on any atom is -0.481 e. The number of carboxylic acid groups (broad SMARTS) is 1. The van der Waals surface area contributed by atoms with Crippen LogP contribution in [0.3, 0.4) is 0 Å². The van der Waals surface area contributed by atoms with Crippen LogP contribution < -0.4 is 4.74 Å². The summed E-state index contributed by atoms with van der Waals surface area (Å²) in [6.07, 6.45) is 4.43. The smallest absolute Gasteiger partial charge is 0.307 e. The second-order valence-corrected chi connectivity index (χ2v) is 3.32. The largest absolute Gasteiger partial charge is 0.481 e. The Balaban J connectivity index is 2.23. The number of rotatable bonds is 4. The van der Waals surface area contributed by atoms with E-state index < -0.39 is 5.97 Å². The van der Waals surface area contributed by atoms with Gasteiger partial charge in [0.2, 0.25) is 5.88 Å². The molecule has 2 rings (SSSR count). The summed E-state index contributed by atoms with van der Waals surface area (Å²) in [5, 5.41) is 8.77. The SMILES string of the molecule is O=C(O)Cc1ccccc1Oc1cnccn1. The molecule has 1 aromatic heterocycles. The summed E-state index contributed by atoms with van der Waals surface area (Å²) in [5.74, 6) is -0.0825. The second kappa shape index (κ2) is 5.07. The van der Waals surface area contributed by atoms with Crippen molar-refractivity contribution >= 4 is 5.97 Å². The number of aromatic nitrogens is 2. The van der Waals surface area contributed by atoms with Gasteiger partial charge < -0.3 is 9.84 Å². The van der Waals surface area contributed by atoms with Gasteiger partial charge in [0.25, 0.3) is 0 Å². The maximum Gasteiger partial charge on any atom is 0.307 e. The number of hydrogen-bond donors (Lipinski definition) is 1. The molecule has 1 aromatic carbocycles. The van der Waals surface area contributed by atoms with Crippen LogP contribution in [0.2, 0.25) is 0 Å². The predicted molar refractivity (Wildman–Crippen MR) is 59.9 cm³/mol. The van der Waals surface area contributed by atoms with Crippen molar-refractivity contribution in [1.29, 1.82) is 0 Å². The third-order valence-corrected chi connectivity index (χ3v) is 2.07. The molecule has 5 nitrogen and oxygen atoms in total. The molecule has 0 aliphatic carbocycles. The van der Waals surface area contributed by atoms with Crippen LogP contribution >= 0.6 is 0 Å². The second-order valence-electron chi connectivity index (χ2n) is 3.32. The van der Waals surface area contributed by atoms with Crippen LogP contribution in [0.1, 0.15) is 5.56 Å². The van der Waals surface area contributed by atoms with Crippen LogP contribution in [-0.2, 0) is 11.2 Å². The van der Waals surface area contributed by atoms with Crippen molar-refractivity contribution in [3.05, 3.63) is 48.4 Å². The first-order valence-electron chi connectivity index (χ1n) is 4.99. The number of hydrogen-bond acceptors (Lipinski definition) is 4. The number of benzene rings is 1. The average molecular weight is 230 g/mol. The van der Waals surface area contributed by atoms with Crippen molar-refractivity contribution in [2.75, 3.05) is 0 Å². The molecule has 0 bridgehead atoms. The molecule has 0 amide bonds. The summed E-state index contributed by atoms with van der Waals surface area (Å²) in [6, 6.07) is 6.95. The topological polar surface area (TPSA) is 72.3 Å². The van der Waals surface area contributed by atoms with Gasteiger partial charge in [0, 0.05) is 18.0 Å².